The highest BCUT2D eigenvalue weighted by molar-refractivity contribution is 7.23. The lowest BCUT2D eigenvalue weighted by Crippen LogP contribution is -2.45. The zero-order valence-corrected chi connectivity index (χ0v) is 67.3. The molecule has 0 radical (unpaired) electrons. The number of imide groups is 4. The van der Waals surface area contributed by atoms with Crippen molar-refractivity contribution in [1.29, 1.82) is 0 Å². The van der Waals surface area contributed by atoms with Crippen LogP contribution < -0.4 is 0 Å². The molecule has 0 N–H and O–H groups in total. The van der Waals surface area contributed by atoms with E-state index >= 15 is 38.4 Å². The van der Waals surface area contributed by atoms with Gasteiger partial charge in [0.15, 0.2) is 0 Å². The van der Waals surface area contributed by atoms with Gasteiger partial charge in [-0.1, -0.05) is 248 Å². The summed E-state index contributed by atoms with van der Waals surface area (Å²) in [6, 6.07) is 25.0. The molecule has 4 atom stereocenters. The maximum Gasteiger partial charge on any atom is 0.262 e. The third-order valence-electron chi connectivity index (χ3n) is 25.4. The first kappa shape index (κ1) is 77.5. The van der Waals surface area contributed by atoms with Crippen LogP contribution >= 0.6 is 22.7 Å². The molecule has 0 saturated heterocycles. The van der Waals surface area contributed by atoms with Crippen molar-refractivity contribution in [3.8, 4) is 32.0 Å². The second-order valence-corrected chi connectivity index (χ2v) is 34.3. The summed E-state index contributed by atoms with van der Waals surface area (Å²) in [7, 11) is 0. The molecule has 6 heterocycles. The molecular weight excluding hydrogens is 1370 g/mol. The van der Waals surface area contributed by atoms with Crippen LogP contribution in [0, 0.1) is 23.7 Å². The Morgan fingerprint density at radius 1 is 0.299 bits per heavy atom. The number of carbonyl (C=O) groups is 8. The SMILES string of the molecule is CCCCCCCCC1(CCCCCCCC)c2cc(-c3cc4c5c6c(ccc7c6c(c4s3)C(=O)N(CC(CC)CCCC)C7=O)C(=O)N(CC(CC)CCCC)C5=O)ccc2-c2ccc(-c3cc4c5c6c(ccc7c6c(c4s3)C(=O)N(CC(CC)CCCC)C7=O)C(=O)N(CC(CC)CCCC)C5=O)cc21. The average Bonchev–Trinajstić information content (AvgIpc) is 0.805. The molecule has 5 aliphatic rings. The van der Waals surface area contributed by atoms with Gasteiger partial charge in [-0.05, 0) is 144 Å². The number of thiophene rings is 2. The molecule has 0 fully saturated rings. The predicted molar refractivity (Wildman–Crippen MR) is 440 cm³/mol. The molecule has 4 aliphatic heterocycles. The zero-order valence-electron chi connectivity index (χ0n) is 65.7. The lowest BCUT2D eigenvalue weighted by atomic mass is 9.70. The Labute approximate surface area is 643 Å². The minimum atomic E-state index is -0.448. The number of rotatable bonds is 40. The minimum absolute atomic E-state index is 0.112. The van der Waals surface area contributed by atoms with E-state index in [-0.39, 0.29) is 97.1 Å². The third-order valence-corrected chi connectivity index (χ3v) is 27.8. The molecule has 0 bridgehead atoms. The number of unbranched alkanes of at least 4 members (excludes halogenated alkanes) is 14. The molecule has 1 aliphatic carbocycles. The van der Waals surface area contributed by atoms with Gasteiger partial charge in [0.05, 0.1) is 22.3 Å². The van der Waals surface area contributed by atoms with E-state index in [1.54, 1.807) is 24.3 Å². The molecule has 14 heteroatoms. The molecule has 13 rings (SSSR count). The van der Waals surface area contributed by atoms with Gasteiger partial charge in [0.25, 0.3) is 47.3 Å². The van der Waals surface area contributed by atoms with Crippen molar-refractivity contribution in [2.45, 2.75) is 267 Å². The van der Waals surface area contributed by atoms with E-state index in [2.05, 4.69) is 118 Å². The highest BCUT2D eigenvalue weighted by atomic mass is 32.1. The van der Waals surface area contributed by atoms with Crippen LogP contribution in [0.1, 0.15) is 356 Å². The van der Waals surface area contributed by atoms with Crippen molar-refractivity contribution < 1.29 is 38.4 Å². The summed E-state index contributed by atoms with van der Waals surface area (Å²) in [5, 5.41) is 2.94. The molecule has 8 amide bonds. The highest BCUT2D eigenvalue weighted by Crippen LogP contribution is 2.58. The van der Waals surface area contributed by atoms with Gasteiger partial charge in [-0.25, -0.2) is 0 Å². The lowest BCUT2D eigenvalue weighted by molar-refractivity contribution is 0.0561. The lowest BCUT2D eigenvalue weighted by Gasteiger charge is -2.34. The van der Waals surface area contributed by atoms with Crippen LogP contribution in [-0.2, 0) is 5.41 Å². The van der Waals surface area contributed by atoms with Crippen molar-refractivity contribution in [3.63, 3.8) is 0 Å². The van der Waals surface area contributed by atoms with Gasteiger partial charge in [0, 0.05) is 105 Å². The molecule has 12 nitrogen and oxygen atoms in total. The van der Waals surface area contributed by atoms with Crippen molar-refractivity contribution in [1.82, 2.24) is 19.6 Å². The molecule has 4 unspecified atom stereocenters. The summed E-state index contributed by atoms with van der Waals surface area (Å²) < 4.78 is 1.32. The normalized spacial score (nSPS) is 16.3. The van der Waals surface area contributed by atoms with Crippen molar-refractivity contribution in [2.24, 2.45) is 23.7 Å². The van der Waals surface area contributed by atoms with Crippen LogP contribution in [0.5, 0.6) is 0 Å². The van der Waals surface area contributed by atoms with E-state index in [1.807, 2.05) is 0 Å². The summed E-state index contributed by atoms with van der Waals surface area (Å²) >= 11 is 3.03. The Hall–Kier alpha value is -7.68. The Balaban J connectivity index is 0.996. The van der Waals surface area contributed by atoms with E-state index in [9.17, 15) is 0 Å². The number of nitrogens with zero attached hydrogens (tertiary/aromatic N) is 4. The predicted octanol–water partition coefficient (Wildman–Crippen LogP) is 24.8. The Morgan fingerprint density at radius 3 is 0.869 bits per heavy atom. The molecule has 0 saturated carbocycles. The number of amides is 8. The standard InChI is InChI=1S/C93H114N4O8S2/c1-11-21-27-29-31-33-47-93(48-34-32-30-28-22-12-2)71-49-61(73-51-69-79-75-65(85(98)94(89(79)102)53-57(17-7)35-23-13-3)43-45-67-77(75)81(83(69)106-73)91(104)96(87(67)100)55-59(19-9)37-25-15-5)39-41-63(71)64-42-40-62(50-72(64)93)74-52-70-80-76-66(86(99)95(90(80)103)54-58(18-8)36-24-14-4)44-46-68-78(76)82(84(70)107-74)92(105)97(88(68)101)56-60(20-10)38-26-16-6/h39-46,49-52,57-60H,11-38,47-48,53-56H2,1-10H3. The van der Waals surface area contributed by atoms with Crippen molar-refractivity contribution in [2.75, 3.05) is 26.2 Å². The Kier molecular flexibility index (Phi) is 24.4. The summed E-state index contributed by atoms with van der Waals surface area (Å²) in [6.45, 7) is 22.8. The van der Waals surface area contributed by atoms with Gasteiger partial charge in [0.1, 0.15) is 0 Å². The van der Waals surface area contributed by atoms with Crippen LogP contribution in [0.4, 0.5) is 0 Å². The summed E-state index contributed by atoms with van der Waals surface area (Å²) in [6.07, 6.45) is 30.2. The quantitative estimate of drug-likeness (QED) is 0.0272. The van der Waals surface area contributed by atoms with Crippen LogP contribution in [-0.4, -0.2) is 93.0 Å². The molecule has 8 aromatic rings. The third kappa shape index (κ3) is 14.1. The fourth-order valence-electron chi connectivity index (χ4n) is 18.9. The molecule has 566 valence electrons. The fourth-order valence-corrected chi connectivity index (χ4v) is 21.3. The Morgan fingerprint density at radius 2 is 0.570 bits per heavy atom. The summed E-state index contributed by atoms with van der Waals surface area (Å²) in [5.41, 5.74) is 9.35. The van der Waals surface area contributed by atoms with Crippen molar-refractivity contribution in [3.05, 3.63) is 128 Å². The van der Waals surface area contributed by atoms with E-state index in [0.29, 0.717) is 86.2 Å². The van der Waals surface area contributed by atoms with E-state index < -0.39 is 5.41 Å². The number of hydrogen-bond acceptors (Lipinski definition) is 10. The topological polar surface area (TPSA) is 150 Å². The van der Waals surface area contributed by atoms with Gasteiger partial charge in [-0.3, -0.25) is 58.0 Å². The number of fused-ring (bicyclic) bond motifs is 9. The van der Waals surface area contributed by atoms with Gasteiger partial charge >= 0.3 is 0 Å². The summed E-state index contributed by atoms with van der Waals surface area (Å²) in [5.74, 6) is -2.57. The molecule has 107 heavy (non-hydrogen) atoms. The highest BCUT2D eigenvalue weighted by Gasteiger charge is 2.48. The second-order valence-electron chi connectivity index (χ2n) is 32.2. The maximum absolute atomic E-state index is 15.7. The van der Waals surface area contributed by atoms with Crippen LogP contribution in [0.2, 0.25) is 0 Å². The first-order chi connectivity index (χ1) is 52.0. The average molecular weight is 1480 g/mol. The first-order valence-electron chi connectivity index (χ1n) is 41.9. The number of benzene rings is 6. The molecule has 2 aromatic heterocycles. The van der Waals surface area contributed by atoms with Gasteiger partial charge in [-0.2, -0.15) is 0 Å². The van der Waals surface area contributed by atoms with Gasteiger partial charge in [-0.15, -0.1) is 22.7 Å². The smallest absolute Gasteiger partial charge is 0.262 e. The van der Waals surface area contributed by atoms with Crippen LogP contribution in [0.25, 0.3) is 73.7 Å². The largest absolute Gasteiger partial charge is 0.274 e. The molecule has 0 spiro atoms. The zero-order chi connectivity index (χ0) is 75.5. The number of carbonyl (C=O) groups excluding carboxylic acids is 8. The summed E-state index contributed by atoms with van der Waals surface area (Å²) in [4.78, 5) is 131. The first-order valence-corrected chi connectivity index (χ1v) is 43.5. The Bertz CT molecular complexity index is 4260. The monoisotopic (exact) mass is 1480 g/mol. The van der Waals surface area contributed by atoms with Crippen molar-refractivity contribution >= 4 is 112 Å². The molecule has 6 aromatic carbocycles. The van der Waals surface area contributed by atoms with E-state index in [1.165, 1.54) is 90.2 Å². The van der Waals surface area contributed by atoms with Gasteiger partial charge < -0.3 is 0 Å². The second kappa shape index (κ2) is 33.7. The van der Waals surface area contributed by atoms with Gasteiger partial charge in [0.2, 0.25) is 0 Å². The fraction of sp³-hybridized carbons (Fsp3) is 0.527. The van der Waals surface area contributed by atoms with Crippen LogP contribution in [0.3, 0.4) is 0 Å². The minimum Gasteiger partial charge on any atom is -0.274 e. The van der Waals surface area contributed by atoms with E-state index in [0.717, 1.165) is 188 Å². The maximum atomic E-state index is 15.7. The number of hydrogen-bond donors (Lipinski definition) is 0. The van der Waals surface area contributed by atoms with E-state index in [4.69, 9.17) is 0 Å². The molecular formula is C93H114N4O8S2. The van der Waals surface area contributed by atoms with Crippen LogP contribution in [0.15, 0.2) is 72.8 Å².